The summed E-state index contributed by atoms with van der Waals surface area (Å²) in [6.45, 7) is 1.52. The maximum absolute atomic E-state index is 14.7. The van der Waals surface area contributed by atoms with Crippen molar-refractivity contribution < 1.29 is 9.18 Å². The topological polar surface area (TPSA) is 42.0 Å². The zero-order chi connectivity index (χ0) is 18.3. The van der Waals surface area contributed by atoms with E-state index >= 15 is 0 Å². The Kier molecular flexibility index (Phi) is 4.37. The summed E-state index contributed by atoms with van der Waals surface area (Å²) >= 11 is 6.22. The highest BCUT2D eigenvalue weighted by Crippen LogP contribution is 2.38. The third-order valence-electron chi connectivity index (χ3n) is 4.86. The average molecular weight is 369 g/mol. The molecule has 0 bridgehead atoms. The molecule has 5 heteroatoms. The normalized spacial score (nSPS) is 16.3. The summed E-state index contributed by atoms with van der Waals surface area (Å²) in [5.74, 6) is -0.327. The van der Waals surface area contributed by atoms with E-state index in [1.807, 2.05) is 18.2 Å². The molecule has 1 heterocycles. The summed E-state index contributed by atoms with van der Waals surface area (Å²) in [7, 11) is 0. The molecule has 3 nitrogen and oxygen atoms in total. The van der Waals surface area contributed by atoms with Crippen LogP contribution < -0.4 is 5.32 Å². The van der Waals surface area contributed by atoms with E-state index in [2.05, 4.69) is 5.32 Å². The van der Waals surface area contributed by atoms with Gasteiger partial charge in [-0.1, -0.05) is 29.8 Å². The first kappa shape index (κ1) is 17.0. The molecule has 26 heavy (non-hydrogen) atoms. The number of fused-ring (bicyclic) bond motifs is 2. The highest BCUT2D eigenvalue weighted by molar-refractivity contribution is 6.31. The number of aryl methyl sites for hydroxylation is 1. The summed E-state index contributed by atoms with van der Waals surface area (Å²) in [6.07, 6.45) is 2.21. The molecule has 0 saturated carbocycles. The summed E-state index contributed by atoms with van der Waals surface area (Å²) in [5.41, 5.74) is 4.15. The Morgan fingerprint density at radius 1 is 1.27 bits per heavy atom. The zero-order valence-corrected chi connectivity index (χ0v) is 15.1. The first-order valence-corrected chi connectivity index (χ1v) is 9.03. The SMILES string of the molecule is CC(=O)N[C@H]1CCc2nc3ccc(Cl)cc3c(-c3ccccc3F)c2C1. The van der Waals surface area contributed by atoms with Crippen LogP contribution in [-0.4, -0.2) is 16.9 Å². The van der Waals surface area contributed by atoms with Crippen LogP contribution in [0.1, 0.15) is 24.6 Å². The van der Waals surface area contributed by atoms with Crippen molar-refractivity contribution in [2.75, 3.05) is 0 Å². The van der Waals surface area contributed by atoms with Crippen LogP contribution >= 0.6 is 11.6 Å². The highest BCUT2D eigenvalue weighted by Gasteiger charge is 2.26. The molecule has 4 rings (SSSR count). The van der Waals surface area contributed by atoms with Gasteiger partial charge in [0.05, 0.1) is 5.52 Å². The Balaban J connectivity index is 1.98. The van der Waals surface area contributed by atoms with Gasteiger partial charge in [0.25, 0.3) is 0 Å². The number of amides is 1. The number of rotatable bonds is 2. The standard InChI is InChI=1S/C21H18ClFN2O/c1-12(26)24-14-7-9-20-17(11-14)21(15-4-2-3-5-18(15)23)16-10-13(22)6-8-19(16)25-20/h2-6,8,10,14H,7,9,11H2,1H3,(H,24,26)/t14-/m0/s1. The molecule has 0 unspecified atom stereocenters. The summed E-state index contributed by atoms with van der Waals surface area (Å²) in [6, 6.07) is 12.3. The molecular weight excluding hydrogens is 351 g/mol. The Morgan fingerprint density at radius 3 is 2.85 bits per heavy atom. The van der Waals surface area contributed by atoms with E-state index < -0.39 is 0 Å². The van der Waals surface area contributed by atoms with Crippen molar-refractivity contribution in [2.24, 2.45) is 0 Å². The maximum atomic E-state index is 14.7. The van der Waals surface area contributed by atoms with Gasteiger partial charge >= 0.3 is 0 Å². The lowest BCUT2D eigenvalue weighted by molar-refractivity contribution is -0.119. The number of nitrogens with one attached hydrogen (secondary N) is 1. The smallest absolute Gasteiger partial charge is 0.217 e. The lowest BCUT2D eigenvalue weighted by Gasteiger charge is -2.27. The van der Waals surface area contributed by atoms with Gasteiger partial charge in [0, 0.05) is 34.6 Å². The molecule has 1 aliphatic rings. The fourth-order valence-electron chi connectivity index (χ4n) is 3.79. The second kappa shape index (κ2) is 6.69. The number of benzene rings is 2. The number of carbonyl (C=O) groups is 1. The third-order valence-corrected chi connectivity index (χ3v) is 5.10. The minimum absolute atomic E-state index is 0.0314. The summed E-state index contributed by atoms with van der Waals surface area (Å²) in [5, 5.41) is 4.42. The fourth-order valence-corrected chi connectivity index (χ4v) is 3.97. The number of carbonyl (C=O) groups excluding carboxylic acids is 1. The number of hydrogen-bond donors (Lipinski definition) is 1. The van der Waals surface area contributed by atoms with Gasteiger partial charge < -0.3 is 5.32 Å². The molecular formula is C21H18ClFN2O. The number of hydrogen-bond acceptors (Lipinski definition) is 2. The molecule has 132 valence electrons. The maximum Gasteiger partial charge on any atom is 0.217 e. The van der Waals surface area contributed by atoms with Crippen LogP contribution in [0.15, 0.2) is 42.5 Å². The predicted octanol–water partition coefficient (Wildman–Crippen LogP) is 4.69. The van der Waals surface area contributed by atoms with Crippen LogP contribution in [0.4, 0.5) is 4.39 Å². The van der Waals surface area contributed by atoms with Gasteiger partial charge in [0.15, 0.2) is 0 Å². The van der Waals surface area contributed by atoms with E-state index in [4.69, 9.17) is 16.6 Å². The Labute approximate surface area is 156 Å². The second-order valence-corrected chi connectivity index (χ2v) is 7.13. The Morgan fingerprint density at radius 2 is 2.08 bits per heavy atom. The molecule has 0 aliphatic heterocycles. The number of nitrogens with zero attached hydrogens (tertiary/aromatic N) is 1. The van der Waals surface area contributed by atoms with Crippen LogP contribution in [0.25, 0.3) is 22.0 Å². The van der Waals surface area contributed by atoms with Crippen molar-refractivity contribution in [2.45, 2.75) is 32.2 Å². The number of pyridine rings is 1. The van der Waals surface area contributed by atoms with Crippen LogP contribution in [0, 0.1) is 5.82 Å². The van der Waals surface area contributed by atoms with Gasteiger partial charge in [0.2, 0.25) is 5.91 Å². The number of aromatic nitrogens is 1. The van der Waals surface area contributed by atoms with Crippen LogP contribution in [0.3, 0.4) is 0 Å². The molecule has 0 radical (unpaired) electrons. The van der Waals surface area contributed by atoms with Crippen LogP contribution in [0.2, 0.25) is 5.02 Å². The Hall–Kier alpha value is -2.46. The molecule has 3 aromatic rings. The first-order valence-electron chi connectivity index (χ1n) is 8.66. The van der Waals surface area contributed by atoms with E-state index in [-0.39, 0.29) is 17.8 Å². The lowest BCUT2D eigenvalue weighted by Crippen LogP contribution is -2.38. The van der Waals surface area contributed by atoms with Crippen molar-refractivity contribution in [1.29, 1.82) is 0 Å². The van der Waals surface area contributed by atoms with E-state index in [9.17, 15) is 9.18 Å². The van der Waals surface area contributed by atoms with Crippen molar-refractivity contribution in [3.63, 3.8) is 0 Å². The zero-order valence-electron chi connectivity index (χ0n) is 14.4. The van der Waals surface area contributed by atoms with Gasteiger partial charge in [-0.3, -0.25) is 9.78 Å². The van der Waals surface area contributed by atoms with Crippen molar-refractivity contribution >= 4 is 28.4 Å². The monoisotopic (exact) mass is 368 g/mol. The molecule has 1 atom stereocenters. The van der Waals surface area contributed by atoms with Gasteiger partial charge in [0.1, 0.15) is 5.82 Å². The third kappa shape index (κ3) is 3.06. The Bertz CT molecular complexity index is 1020. The largest absolute Gasteiger partial charge is 0.353 e. The summed E-state index contributed by atoms with van der Waals surface area (Å²) in [4.78, 5) is 16.3. The van der Waals surface area contributed by atoms with Crippen molar-refractivity contribution in [1.82, 2.24) is 10.3 Å². The van der Waals surface area contributed by atoms with Crippen molar-refractivity contribution in [3.05, 3.63) is 64.6 Å². The minimum atomic E-state index is -0.274. The van der Waals surface area contributed by atoms with E-state index in [1.165, 1.54) is 13.0 Å². The van der Waals surface area contributed by atoms with E-state index in [0.717, 1.165) is 40.6 Å². The summed E-state index contributed by atoms with van der Waals surface area (Å²) < 4.78 is 14.7. The second-order valence-electron chi connectivity index (χ2n) is 6.69. The number of halogens is 2. The van der Waals surface area contributed by atoms with E-state index in [0.29, 0.717) is 17.0 Å². The van der Waals surface area contributed by atoms with Gasteiger partial charge in [-0.2, -0.15) is 0 Å². The first-order chi connectivity index (χ1) is 12.5. The van der Waals surface area contributed by atoms with Gasteiger partial charge in [-0.15, -0.1) is 0 Å². The molecule has 2 aromatic carbocycles. The van der Waals surface area contributed by atoms with Crippen LogP contribution in [0.5, 0.6) is 0 Å². The quantitative estimate of drug-likeness (QED) is 0.713. The molecule has 1 amide bonds. The minimum Gasteiger partial charge on any atom is -0.353 e. The van der Waals surface area contributed by atoms with Gasteiger partial charge in [-0.25, -0.2) is 4.39 Å². The molecule has 0 saturated heterocycles. The average Bonchev–Trinajstić information content (AvgIpc) is 2.60. The molecule has 1 N–H and O–H groups in total. The molecule has 0 fully saturated rings. The van der Waals surface area contributed by atoms with E-state index in [1.54, 1.807) is 18.2 Å². The highest BCUT2D eigenvalue weighted by atomic mass is 35.5. The van der Waals surface area contributed by atoms with Crippen LogP contribution in [-0.2, 0) is 17.6 Å². The molecule has 0 spiro atoms. The van der Waals surface area contributed by atoms with Crippen molar-refractivity contribution in [3.8, 4) is 11.1 Å². The fraction of sp³-hybridized carbons (Fsp3) is 0.238. The predicted molar refractivity (Wildman–Crippen MR) is 102 cm³/mol. The lowest BCUT2D eigenvalue weighted by atomic mass is 9.84. The van der Waals surface area contributed by atoms with Gasteiger partial charge in [-0.05, 0) is 54.7 Å². The molecule has 1 aromatic heterocycles. The molecule has 1 aliphatic carbocycles.